The van der Waals surface area contributed by atoms with Gasteiger partial charge in [0.1, 0.15) is 5.60 Å². The lowest BCUT2D eigenvalue weighted by Gasteiger charge is -2.39. The third kappa shape index (κ3) is 7.28. The molecule has 0 aliphatic carbocycles. The van der Waals surface area contributed by atoms with Crippen LogP contribution in [0.25, 0.3) is 0 Å². The van der Waals surface area contributed by atoms with E-state index in [0.29, 0.717) is 18.5 Å². The summed E-state index contributed by atoms with van der Waals surface area (Å²) in [4.78, 5) is 21.8. The van der Waals surface area contributed by atoms with Gasteiger partial charge in [-0.3, -0.25) is 0 Å². The third-order valence-electron chi connectivity index (χ3n) is 4.89. The zero-order valence-corrected chi connectivity index (χ0v) is 18.5. The molecule has 180 valence electrons. The molecule has 0 radical (unpaired) electrons. The zero-order valence-electron chi connectivity index (χ0n) is 18.5. The number of likely N-dealkylation sites (tertiary alicyclic amines) is 1. The van der Waals surface area contributed by atoms with Gasteiger partial charge in [0.2, 0.25) is 5.95 Å². The highest BCUT2D eigenvalue weighted by Crippen LogP contribution is 2.29. The molecule has 1 saturated heterocycles. The first-order valence-corrected chi connectivity index (χ1v) is 10.4. The molecule has 11 heteroatoms. The summed E-state index contributed by atoms with van der Waals surface area (Å²) in [5.74, 6) is -0.370. The summed E-state index contributed by atoms with van der Waals surface area (Å²) in [6.07, 6.45) is -2.91. The molecule has 0 spiro atoms. The van der Waals surface area contributed by atoms with Crippen LogP contribution in [0.4, 0.5) is 28.3 Å². The van der Waals surface area contributed by atoms with E-state index in [2.05, 4.69) is 15.3 Å². The van der Waals surface area contributed by atoms with E-state index < -0.39 is 35.4 Å². The van der Waals surface area contributed by atoms with Crippen LogP contribution in [-0.4, -0.2) is 51.8 Å². The second-order valence-electron chi connectivity index (χ2n) is 8.73. The molecule has 0 saturated carbocycles. The Morgan fingerprint density at radius 2 is 1.79 bits per heavy atom. The van der Waals surface area contributed by atoms with Gasteiger partial charge in [0, 0.05) is 6.54 Å². The maximum Gasteiger partial charge on any atom is 0.416 e. The maximum atomic E-state index is 13.1. The van der Waals surface area contributed by atoms with E-state index in [0.717, 1.165) is 24.5 Å². The molecule has 2 atom stereocenters. The molecule has 2 aromatic rings. The standard InChI is InChI=1S/C22H26F4N4O3/c1-21(2,3)33-20(31)30-9-8-17(29-19-27-10-16(23)11-28-19)18(12-30)32-13-14-4-6-15(7-5-14)22(24,25)26/h4-7,10-11,17-18H,8-9,12-13H2,1-3H3,(H,27,28,29)/t17-,18-/m1/s1. The number of nitrogens with one attached hydrogen (secondary N) is 1. The smallest absolute Gasteiger partial charge is 0.416 e. The molecule has 0 bridgehead atoms. The Kier molecular flexibility index (Phi) is 7.41. The number of rotatable bonds is 5. The highest BCUT2D eigenvalue weighted by molar-refractivity contribution is 5.68. The fraction of sp³-hybridized carbons (Fsp3) is 0.500. The number of halogens is 4. The quantitative estimate of drug-likeness (QED) is 0.642. The summed E-state index contributed by atoms with van der Waals surface area (Å²) in [7, 11) is 0. The molecule has 1 fully saturated rings. The minimum Gasteiger partial charge on any atom is -0.444 e. The second kappa shape index (κ2) is 9.90. The van der Waals surface area contributed by atoms with E-state index in [1.54, 1.807) is 20.8 Å². The number of anilines is 1. The van der Waals surface area contributed by atoms with Crippen LogP contribution in [0.2, 0.25) is 0 Å². The first kappa shape index (κ1) is 24.7. The van der Waals surface area contributed by atoms with E-state index in [-0.39, 0.29) is 25.1 Å². The molecule has 1 N–H and O–H groups in total. The molecular weight excluding hydrogens is 444 g/mol. The number of hydrogen-bond donors (Lipinski definition) is 1. The van der Waals surface area contributed by atoms with Gasteiger partial charge in [-0.2, -0.15) is 13.2 Å². The Labute approximate surface area is 189 Å². The Balaban J connectivity index is 1.70. The van der Waals surface area contributed by atoms with Gasteiger partial charge < -0.3 is 19.7 Å². The van der Waals surface area contributed by atoms with Crippen LogP contribution in [0.1, 0.15) is 38.3 Å². The van der Waals surface area contributed by atoms with Crippen LogP contribution < -0.4 is 5.32 Å². The van der Waals surface area contributed by atoms with Crippen molar-refractivity contribution >= 4 is 12.0 Å². The van der Waals surface area contributed by atoms with Gasteiger partial charge in [-0.1, -0.05) is 12.1 Å². The van der Waals surface area contributed by atoms with Crippen LogP contribution in [0.3, 0.4) is 0 Å². The number of hydrogen-bond acceptors (Lipinski definition) is 6. The molecule has 3 rings (SSSR count). The number of ether oxygens (including phenoxy) is 2. The third-order valence-corrected chi connectivity index (χ3v) is 4.89. The SMILES string of the molecule is CC(C)(C)OC(=O)N1CC[C@@H](Nc2ncc(F)cn2)[C@H](OCc2ccc(C(F)(F)F)cc2)C1. The van der Waals surface area contributed by atoms with Crippen molar-refractivity contribution in [1.82, 2.24) is 14.9 Å². The average Bonchev–Trinajstić information content (AvgIpc) is 2.73. The molecule has 1 aliphatic rings. The fourth-order valence-corrected chi connectivity index (χ4v) is 3.29. The van der Waals surface area contributed by atoms with Crippen molar-refractivity contribution in [2.75, 3.05) is 18.4 Å². The highest BCUT2D eigenvalue weighted by Gasteiger charge is 2.35. The summed E-state index contributed by atoms with van der Waals surface area (Å²) < 4.78 is 62.9. The van der Waals surface area contributed by atoms with Crippen molar-refractivity contribution in [2.24, 2.45) is 0 Å². The van der Waals surface area contributed by atoms with Gasteiger partial charge in [0.25, 0.3) is 0 Å². The average molecular weight is 470 g/mol. The number of carbonyl (C=O) groups excluding carboxylic acids is 1. The van der Waals surface area contributed by atoms with E-state index in [4.69, 9.17) is 9.47 Å². The van der Waals surface area contributed by atoms with Gasteiger partial charge in [0.05, 0.1) is 43.3 Å². The molecule has 1 aliphatic heterocycles. The predicted molar refractivity (Wildman–Crippen MR) is 112 cm³/mol. The fourth-order valence-electron chi connectivity index (χ4n) is 3.29. The van der Waals surface area contributed by atoms with Crippen molar-refractivity contribution in [1.29, 1.82) is 0 Å². The molecule has 1 aromatic heterocycles. The summed E-state index contributed by atoms with van der Waals surface area (Å²) in [6, 6.07) is 4.37. The van der Waals surface area contributed by atoms with Crippen molar-refractivity contribution in [3.8, 4) is 0 Å². The van der Waals surface area contributed by atoms with Gasteiger partial charge in [-0.05, 0) is 44.9 Å². The number of piperidine rings is 1. The summed E-state index contributed by atoms with van der Waals surface area (Å²) >= 11 is 0. The molecular formula is C22H26F4N4O3. The summed E-state index contributed by atoms with van der Waals surface area (Å²) in [5, 5.41) is 3.09. The van der Waals surface area contributed by atoms with Crippen LogP contribution in [0.15, 0.2) is 36.7 Å². The number of aromatic nitrogens is 2. The van der Waals surface area contributed by atoms with Crippen molar-refractivity contribution in [3.05, 3.63) is 53.6 Å². The van der Waals surface area contributed by atoms with Crippen molar-refractivity contribution in [2.45, 2.75) is 57.7 Å². The number of nitrogens with zero attached hydrogens (tertiary/aromatic N) is 3. The topological polar surface area (TPSA) is 76.6 Å². The van der Waals surface area contributed by atoms with Gasteiger partial charge in [0.15, 0.2) is 5.82 Å². The molecule has 1 amide bonds. The van der Waals surface area contributed by atoms with Gasteiger partial charge in [-0.25, -0.2) is 19.2 Å². The number of benzene rings is 1. The predicted octanol–water partition coefficient (Wildman–Crippen LogP) is 4.64. The lowest BCUT2D eigenvalue weighted by molar-refractivity contribution is -0.137. The summed E-state index contributed by atoms with van der Waals surface area (Å²) in [5.41, 5.74) is -0.854. The minimum absolute atomic E-state index is 0.0351. The lowest BCUT2D eigenvalue weighted by Crippen LogP contribution is -2.53. The highest BCUT2D eigenvalue weighted by atomic mass is 19.4. The molecule has 7 nitrogen and oxygen atoms in total. The van der Waals surface area contributed by atoms with E-state index >= 15 is 0 Å². The van der Waals surface area contributed by atoms with E-state index in [1.807, 2.05) is 0 Å². The number of amides is 1. The first-order chi connectivity index (χ1) is 15.4. The Hall–Kier alpha value is -2.95. The van der Waals surface area contributed by atoms with Gasteiger partial charge >= 0.3 is 12.3 Å². The van der Waals surface area contributed by atoms with E-state index in [9.17, 15) is 22.4 Å². The molecule has 1 aromatic carbocycles. The van der Waals surface area contributed by atoms with Crippen LogP contribution >= 0.6 is 0 Å². The first-order valence-electron chi connectivity index (χ1n) is 10.4. The van der Waals surface area contributed by atoms with Crippen LogP contribution in [-0.2, 0) is 22.3 Å². The minimum atomic E-state index is -4.42. The van der Waals surface area contributed by atoms with Crippen molar-refractivity contribution < 1.29 is 31.8 Å². The lowest BCUT2D eigenvalue weighted by atomic mass is 10.0. The van der Waals surface area contributed by atoms with Crippen LogP contribution in [0.5, 0.6) is 0 Å². The van der Waals surface area contributed by atoms with E-state index in [1.165, 1.54) is 17.0 Å². The number of carbonyl (C=O) groups is 1. The zero-order chi connectivity index (χ0) is 24.2. The van der Waals surface area contributed by atoms with Gasteiger partial charge in [-0.15, -0.1) is 0 Å². The maximum absolute atomic E-state index is 13.1. The largest absolute Gasteiger partial charge is 0.444 e. The molecule has 2 heterocycles. The Morgan fingerprint density at radius 1 is 1.15 bits per heavy atom. The van der Waals surface area contributed by atoms with Crippen LogP contribution in [0, 0.1) is 5.82 Å². The molecule has 33 heavy (non-hydrogen) atoms. The number of alkyl halides is 3. The van der Waals surface area contributed by atoms with Crippen molar-refractivity contribution in [3.63, 3.8) is 0 Å². The Bertz CT molecular complexity index is 931. The second-order valence-corrected chi connectivity index (χ2v) is 8.73. The molecule has 0 unspecified atom stereocenters. The monoisotopic (exact) mass is 470 g/mol. The Morgan fingerprint density at radius 3 is 2.36 bits per heavy atom. The normalized spacial score (nSPS) is 19.3. The summed E-state index contributed by atoms with van der Waals surface area (Å²) in [6.45, 7) is 5.91.